The number of rotatable bonds is 10. The number of ether oxygens (including phenoxy) is 1. The third-order valence-corrected chi connectivity index (χ3v) is 4.70. The summed E-state index contributed by atoms with van der Waals surface area (Å²) < 4.78 is 31.5. The second-order valence-electron chi connectivity index (χ2n) is 6.73. The molecule has 1 aliphatic heterocycles. The minimum absolute atomic E-state index is 0.0788. The largest absolute Gasteiger partial charge is 0.466 e. The number of unbranched alkanes of at least 4 members (excludes halogenated alkanes) is 1. The third kappa shape index (κ3) is 6.90. The molecule has 27 heavy (non-hydrogen) atoms. The van der Waals surface area contributed by atoms with Crippen molar-refractivity contribution < 1.29 is 23.1 Å². The van der Waals surface area contributed by atoms with Gasteiger partial charge in [0.25, 0.3) is 5.91 Å². The Hall–Kier alpha value is -2.02. The van der Waals surface area contributed by atoms with Gasteiger partial charge < -0.3 is 14.5 Å². The molecule has 5 nitrogen and oxygen atoms in total. The minimum atomic E-state index is -1.06. The normalized spacial score (nSPS) is 14.3. The number of carbonyl (C=O) groups is 2. The van der Waals surface area contributed by atoms with Crippen molar-refractivity contribution in [3.63, 3.8) is 0 Å². The molecule has 7 heteroatoms. The number of nitrogens with zero attached hydrogens (tertiary/aromatic N) is 2. The SMILES string of the molecule is CCOC(=O)CCN(CCCCN1CCCC1)C(=O)c1ccc(F)c(F)c1. The van der Waals surface area contributed by atoms with Gasteiger partial charge >= 0.3 is 5.97 Å². The summed E-state index contributed by atoms with van der Waals surface area (Å²) in [4.78, 5) is 28.3. The average Bonchev–Trinajstić information content (AvgIpc) is 3.16. The molecule has 0 aromatic heterocycles. The number of hydrogen-bond donors (Lipinski definition) is 0. The zero-order chi connectivity index (χ0) is 19.6. The van der Waals surface area contributed by atoms with Gasteiger partial charge in [-0.05, 0) is 70.4 Å². The number of carbonyl (C=O) groups excluding carboxylic acids is 2. The van der Waals surface area contributed by atoms with Crippen LogP contribution in [0.5, 0.6) is 0 Å². The van der Waals surface area contributed by atoms with Crippen molar-refractivity contribution in [3.05, 3.63) is 35.4 Å². The summed E-state index contributed by atoms with van der Waals surface area (Å²) in [5.41, 5.74) is 0.0808. The fourth-order valence-electron chi connectivity index (χ4n) is 3.23. The number of halogens is 2. The van der Waals surface area contributed by atoms with Crippen LogP contribution in [0, 0.1) is 11.6 Å². The third-order valence-electron chi connectivity index (χ3n) is 4.70. The van der Waals surface area contributed by atoms with Crippen molar-refractivity contribution in [2.75, 3.05) is 39.3 Å². The Morgan fingerprint density at radius 3 is 2.52 bits per heavy atom. The van der Waals surface area contributed by atoms with Gasteiger partial charge in [0.1, 0.15) is 0 Å². The van der Waals surface area contributed by atoms with Crippen molar-refractivity contribution in [2.24, 2.45) is 0 Å². The minimum Gasteiger partial charge on any atom is -0.466 e. The molecule has 0 bridgehead atoms. The lowest BCUT2D eigenvalue weighted by molar-refractivity contribution is -0.143. The fraction of sp³-hybridized carbons (Fsp3) is 0.600. The first-order valence-electron chi connectivity index (χ1n) is 9.63. The van der Waals surface area contributed by atoms with E-state index in [-0.39, 0.29) is 31.1 Å². The van der Waals surface area contributed by atoms with E-state index in [1.807, 2.05) is 0 Å². The van der Waals surface area contributed by atoms with Crippen molar-refractivity contribution in [2.45, 2.75) is 39.0 Å². The summed E-state index contributed by atoms with van der Waals surface area (Å²) in [6.07, 6.45) is 4.28. The van der Waals surface area contributed by atoms with Crippen LogP contribution in [-0.4, -0.2) is 61.0 Å². The molecule has 1 aromatic carbocycles. The number of esters is 1. The van der Waals surface area contributed by atoms with E-state index < -0.39 is 17.5 Å². The molecule has 2 rings (SSSR count). The van der Waals surface area contributed by atoms with Gasteiger partial charge in [-0.25, -0.2) is 8.78 Å². The molecule has 1 saturated heterocycles. The monoisotopic (exact) mass is 382 g/mol. The van der Waals surface area contributed by atoms with Gasteiger partial charge in [0, 0.05) is 18.7 Å². The van der Waals surface area contributed by atoms with E-state index in [1.165, 1.54) is 23.8 Å². The van der Waals surface area contributed by atoms with Crippen molar-refractivity contribution in [1.82, 2.24) is 9.80 Å². The van der Waals surface area contributed by atoms with Gasteiger partial charge in [-0.3, -0.25) is 9.59 Å². The number of benzene rings is 1. The maximum Gasteiger partial charge on any atom is 0.307 e. The maximum absolute atomic E-state index is 13.5. The summed E-state index contributed by atoms with van der Waals surface area (Å²) >= 11 is 0. The van der Waals surface area contributed by atoms with Crippen LogP contribution in [0.15, 0.2) is 18.2 Å². The molecular formula is C20H28F2N2O3. The van der Waals surface area contributed by atoms with Gasteiger partial charge in [0.2, 0.25) is 0 Å². The molecule has 1 heterocycles. The van der Waals surface area contributed by atoms with Crippen LogP contribution in [0.1, 0.15) is 49.4 Å². The van der Waals surface area contributed by atoms with E-state index in [9.17, 15) is 18.4 Å². The standard InChI is InChI=1S/C20H28F2N2O3/c1-2-27-19(25)9-14-24(13-6-5-12-23-10-3-4-11-23)20(26)16-7-8-17(21)18(22)15-16/h7-8,15H,2-6,9-14H2,1H3. The van der Waals surface area contributed by atoms with Crippen molar-refractivity contribution in [1.29, 1.82) is 0 Å². The first kappa shape index (κ1) is 21.3. The Balaban J connectivity index is 1.93. The Bertz CT molecular complexity index is 634. The second-order valence-corrected chi connectivity index (χ2v) is 6.73. The van der Waals surface area contributed by atoms with Gasteiger partial charge in [-0.15, -0.1) is 0 Å². The zero-order valence-corrected chi connectivity index (χ0v) is 15.9. The Morgan fingerprint density at radius 2 is 1.85 bits per heavy atom. The average molecular weight is 382 g/mol. The second kappa shape index (κ2) is 11.0. The molecule has 1 amide bonds. The fourth-order valence-corrected chi connectivity index (χ4v) is 3.23. The highest BCUT2D eigenvalue weighted by atomic mass is 19.2. The number of likely N-dealkylation sites (tertiary alicyclic amines) is 1. The molecule has 0 atom stereocenters. The van der Waals surface area contributed by atoms with Crippen LogP contribution in [0.3, 0.4) is 0 Å². The number of hydrogen-bond acceptors (Lipinski definition) is 4. The molecule has 0 aliphatic carbocycles. The highest BCUT2D eigenvalue weighted by Crippen LogP contribution is 2.13. The van der Waals surface area contributed by atoms with Crippen LogP contribution in [-0.2, 0) is 9.53 Å². The van der Waals surface area contributed by atoms with Gasteiger partial charge in [0.15, 0.2) is 11.6 Å². The maximum atomic E-state index is 13.5. The molecule has 0 spiro atoms. The molecule has 1 fully saturated rings. The predicted molar refractivity (Wildman–Crippen MR) is 98.4 cm³/mol. The molecule has 0 saturated carbocycles. The van der Waals surface area contributed by atoms with E-state index in [4.69, 9.17) is 4.74 Å². The lowest BCUT2D eigenvalue weighted by Crippen LogP contribution is -2.34. The van der Waals surface area contributed by atoms with E-state index in [0.717, 1.165) is 44.6 Å². The van der Waals surface area contributed by atoms with E-state index in [1.54, 1.807) is 6.92 Å². The Kier molecular flexibility index (Phi) is 8.64. The Morgan fingerprint density at radius 1 is 1.11 bits per heavy atom. The molecule has 1 aliphatic rings. The van der Waals surface area contributed by atoms with Crippen LogP contribution < -0.4 is 0 Å². The molecule has 0 unspecified atom stereocenters. The van der Waals surface area contributed by atoms with Gasteiger partial charge in [-0.2, -0.15) is 0 Å². The quantitative estimate of drug-likeness (QED) is 0.461. The van der Waals surface area contributed by atoms with E-state index >= 15 is 0 Å². The van der Waals surface area contributed by atoms with Crippen LogP contribution in [0.25, 0.3) is 0 Å². The molecule has 150 valence electrons. The highest BCUT2D eigenvalue weighted by molar-refractivity contribution is 5.94. The lowest BCUT2D eigenvalue weighted by Gasteiger charge is -2.23. The molecular weight excluding hydrogens is 354 g/mol. The molecule has 0 N–H and O–H groups in total. The molecule has 1 aromatic rings. The summed E-state index contributed by atoms with van der Waals surface area (Å²) in [6.45, 7) is 5.91. The van der Waals surface area contributed by atoms with Crippen molar-refractivity contribution >= 4 is 11.9 Å². The Labute approximate surface area is 159 Å². The smallest absolute Gasteiger partial charge is 0.307 e. The van der Waals surface area contributed by atoms with Crippen LogP contribution in [0.2, 0.25) is 0 Å². The van der Waals surface area contributed by atoms with Crippen LogP contribution >= 0.6 is 0 Å². The summed E-state index contributed by atoms with van der Waals surface area (Å²) in [5.74, 6) is -2.83. The van der Waals surface area contributed by atoms with Gasteiger partial charge in [-0.1, -0.05) is 0 Å². The molecule has 0 radical (unpaired) electrons. The number of amides is 1. The highest BCUT2D eigenvalue weighted by Gasteiger charge is 2.19. The van der Waals surface area contributed by atoms with Crippen LogP contribution in [0.4, 0.5) is 8.78 Å². The summed E-state index contributed by atoms with van der Waals surface area (Å²) in [5, 5.41) is 0. The summed E-state index contributed by atoms with van der Waals surface area (Å²) in [7, 11) is 0. The van der Waals surface area contributed by atoms with E-state index in [2.05, 4.69) is 4.90 Å². The topological polar surface area (TPSA) is 49.9 Å². The predicted octanol–water partition coefficient (Wildman–Crippen LogP) is 3.24. The lowest BCUT2D eigenvalue weighted by atomic mass is 10.1. The van der Waals surface area contributed by atoms with E-state index in [0.29, 0.717) is 6.54 Å². The van der Waals surface area contributed by atoms with Gasteiger partial charge in [0.05, 0.1) is 13.0 Å². The zero-order valence-electron chi connectivity index (χ0n) is 15.9. The first-order chi connectivity index (χ1) is 13.0. The first-order valence-corrected chi connectivity index (χ1v) is 9.63. The summed E-state index contributed by atoms with van der Waals surface area (Å²) in [6, 6.07) is 3.11. The van der Waals surface area contributed by atoms with Crippen molar-refractivity contribution in [3.8, 4) is 0 Å².